The van der Waals surface area contributed by atoms with Crippen LogP contribution in [0.25, 0.3) is 0 Å². The van der Waals surface area contributed by atoms with Crippen LogP contribution in [-0.4, -0.2) is 17.1 Å². The van der Waals surface area contributed by atoms with E-state index < -0.39 is 0 Å². The Morgan fingerprint density at radius 3 is 3.00 bits per heavy atom. The Bertz CT molecular complexity index is 364. The molecule has 2 N–H and O–H groups in total. The predicted molar refractivity (Wildman–Crippen MR) is 66.8 cm³/mol. The van der Waals surface area contributed by atoms with Crippen molar-refractivity contribution < 1.29 is 4.74 Å². The van der Waals surface area contributed by atoms with Crippen LogP contribution in [0.1, 0.15) is 48.9 Å². The van der Waals surface area contributed by atoms with Gasteiger partial charge < -0.3 is 10.5 Å². The van der Waals surface area contributed by atoms with Crippen molar-refractivity contribution in [3.63, 3.8) is 0 Å². The monoisotopic (exact) mass is 240 g/mol. The number of hydrogen-bond acceptors (Lipinski definition) is 4. The minimum Gasteiger partial charge on any atom is -0.370 e. The van der Waals surface area contributed by atoms with Crippen LogP contribution in [0.3, 0.4) is 0 Å². The van der Waals surface area contributed by atoms with Gasteiger partial charge in [-0.25, -0.2) is 4.98 Å². The first kappa shape index (κ1) is 12.0. The van der Waals surface area contributed by atoms with Crippen LogP contribution in [0.5, 0.6) is 0 Å². The molecular weight excluding hydrogens is 220 g/mol. The Kier molecular flexibility index (Phi) is 3.62. The van der Waals surface area contributed by atoms with Crippen molar-refractivity contribution in [2.24, 2.45) is 5.73 Å². The molecule has 0 radical (unpaired) electrons. The first-order valence-corrected chi connectivity index (χ1v) is 6.81. The van der Waals surface area contributed by atoms with E-state index in [1.54, 1.807) is 11.3 Å². The molecule has 16 heavy (non-hydrogen) atoms. The molecule has 3 nitrogen and oxygen atoms in total. The Morgan fingerprint density at radius 2 is 2.31 bits per heavy atom. The van der Waals surface area contributed by atoms with Gasteiger partial charge in [0.05, 0.1) is 27.8 Å². The Labute approximate surface area is 101 Å². The molecule has 2 rings (SSSR count). The van der Waals surface area contributed by atoms with E-state index in [0.29, 0.717) is 0 Å². The number of ether oxygens (including phenoxy) is 1. The first-order chi connectivity index (χ1) is 7.60. The Hall–Kier alpha value is -0.450. The normalized spacial score (nSPS) is 26.5. The number of rotatable bonds is 3. The molecule has 1 aromatic rings. The van der Waals surface area contributed by atoms with Crippen LogP contribution in [0, 0.1) is 0 Å². The smallest absolute Gasteiger partial charge is 0.0947 e. The molecule has 90 valence electrons. The fourth-order valence-electron chi connectivity index (χ4n) is 2.06. The van der Waals surface area contributed by atoms with Gasteiger partial charge in [-0.05, 0) is 20.3 Å². The highest BCUT2D eigenvalue weighted by Gasteiger charge is 2.26. The van der Waals surface area contributed by atoms with Gasteiger partial charge in [0.25, 0.3) is 0 Å². The summed E-state index contributed by atoms with van der Waals surface area (Å²) in [6.07, 6.45) is 3.33. The number of thiazole rings is 1. The van der Waals surface area contributed by atoms with Gasteiger partial charge >= 0.3 is 0 Å². The maximum absolute atomic E-state index is 5.96. The summed E-state index contributed by atoms with van der Waals surface area (Å²) in [5, 5.41) is 1.17. The molecule has 1 aliphatic heterocycles. The highest BCUT2D eigenvalue weighted by atomic mass is 32.1. The molecule has 1 aliphatic rings. The minimum absolute atomic E-state index is 0.197. The van der Waals surface area contributed by atoms with Crippen molar-refractivity contribution >= 4 is 11.3 Å². The van der Waals surface area contributed by atoms with Crippen molar-refractivity contribution in [2.45, 2.75) is 58.3 Å². The number of hydrogen-bond donors (Lipinski definition) is 1. The lowest BCUT2D eigenvalue weighted by molar-refractivity contribution is -0.00318. The summed E-state index contributed by atoms with van der Waals surface area (Å²) in [4.78, 5) is 6.00. The van der Waals surface area contributed by atoms with Gasteiger partial charge in [-0.1, -0.05) is 6.92 Å². The maximum Gasteiger partial charge on any atom is 0.0947 e. The van der Waals surface area contributed by atoms with Crippen LogP contribution in [0.2, 0.25) is 0 Å². The SMILES string of the molecule is CCC(N)Cc1nc2c(s1)C(C)OC(C)C2. The van der Waals surface area contributed by atoms with Crippen molar-refractivity contribution in [1.82, 2.24) is 4.98 Å². The van der Waals surface area contributed by atoms with Crippen molar-refractivity contribution in [2.75, 3.05) is 0 Å². The zero-order chi connectivity index (χ0) is 11.7. The van der Waals surface area contributed by atoms with Gasteiger partial charge in [-0.2, -0.15) is 0 Å². The van der Waals surface area contributed by atoms with E-state index in [1.165, 1.54) is 15.6 Å². The van der Waals surface area contributed by atoms with E-state index >= 15 is 0 Å². The lowest BCUT2D eigenvalue weighted by atomic mass is 10.1. The lowest BCUT2D eigenvalue weighted by Gasteiger charge is -2.23. The second-order valence-electron chi connectivity index (χ2n) is 4.58. The third-order valence-electron chi connectivity index (χ3n) is 3.02. The van der Waals surface area contributed by atoms with Gasteiger partial charge in [0, 0.05) is 18.9 Å². The van der Waals surface area contributed by atoms with E-state index in [1.807, 2.05) is 0 Å². The molecule has 0 spiro atoms. The number of fused-ring (bicyclic) bond motifs is 1. The highest BCUT2D eigenvalue weighted by Crippen LogP contribution is 2.34. The molecule has 0 bridgehead atoms. The number of aromatic nitrogens is 1. The number of nitrogens with two attached hydrogens (primary N) is 1. The van der Waals surface area contributed by atoms with Crippen LogP contribution in [-0.2, 0) is 17.6 Å². The van der Waals surface area contributed by atoms with E-state index in [0.717, 1.165) is 19.3 Å². The zero-order valence-corrected chi connectivity index (χ0v) is 11.0. The molecular formula is C12H20N2OS. The molecule has 0 saturated carbocycles. The van der Waals surface area contributed by atoms with Gasteiger partial charge in [0.2, 0.25) is 0 Å². The van der Waals surface area contributed by atoms with Gasteiger partial charge in [-0.15, -0.1) is 11.3 Å². The van der Waals surface area contributed by atoms with E-state index in [4.69, 9.17) is 15.5 Å². The molecule has 0 aromatic carbocycles. The fourth-order valence-corrected chi connectivity index (χ4v) is 3.24. The van der Waals surface area contributed by atoms with Gasteiger partial charge in [0.15, 0.2) is 0 Å². The van der Waals surface area contributed by atoms with E-state index in [9.17, 15) is 0 Å². The summed E-state index contributed by atoms with van der Waals surface area (Å²) in [6, 6.07) is 0.237. The number of nitrogens with zero attached hydrogens (tertiary/aromatic N) is 1. The minimum atomic E-state index is 0.197. The summed E-state index contributed by atoms with van der Waals surface area (Å²) in [5.74, 6) is 0. The molecule has 4 heteroatoms. The summed E-state index contributed by atoms with van der Waals surface area (Å²) in [5.41, 5.74) is 7.19. The predicted octanol–water partition coefficient (Wildman–Crippen LogP) is 2.45. The first-order valence-electron chi connectivity index (χ1n) is 5.99. The van der Waals surface area contributed by atoms with Gasteiger partial charge in [0.1, 0.15) is 0 Å². The summed E-state index contributed by atoms with van der Waals surface area (Å²) < 4.78 is 5.80. The maximum atomic E-state index is 5.96. The second-order valence-corrected chi connectivity index (χ2v) is 5.70. The quantitative estimate of drug-likeness (QED) is 0.883. The zero-order valence-electron chi connectivity index (χ0n) is 10.2. The van der Waals surface area contributed by atoms with Crippen LogP contribution < -0.4 is 5.73 Å². The van der Waals surface area contributed by atoms with Gasteiger partial charge in [-0.3, -0.25) is 0 Å². The summed E-state index contributed by atoms with van der Waals surface area (Å²) in [6.45, 7) is 6.33. The van der Waals surface area contributed by atoms with Crippen LogP contribution in [0.4, 0.5) is 0 Å². The highest BCUT2D eigenvalue weighted by molar-refractivity contribution is 7.11. The fraction of sp³-hybridized carbons (Fsp3) is 0.750. The molecule has 3 unspecified atom stereocenters. The molecule has 1 aromatic heterocycles. The lowest BCUT2D eigenvalue weighted by Crippen LogP contribution is -2.21. The molecule has 0 fully saturated rings. The third kappa shape index (κ3) is 2.44. The summed E-state index contributed by atoms with van der Waals surface area (Å²) in [7, 11) is 0. The molecule has 0 aliphatic carbocycles. The standard InChI is InChI=1S/C12H20N2OS/c1-4-9(13)6-11-14-10-5-7(2)15-8(3)12(10)16-11/h7-9H,4-6,13H2,1-3H3. The topological polar surface area (TPSA) is 48.1 Å². The van der Waals surface area contributed by atoms with E-state index in [2.05, 4.69) is 20.8 Å². The van der Waals surface area contributed by atoms with Crippen LogP contribution >= 0.6 is 11.3 Å². The summed E-state index contributed by atoms with van der Waals surface area (Å²) >= 11 is 1.77. The van der Waals surface area contributed by atoms with Crippen LogP contribution in [0.15, 0.2) is 0 Å². The van der Waals surface area contributed by atoms with Crippen molar-refractivity contribution in [1.29, 1.82) is 0 Å². The molecule has 0 amide bonds. The molecule has 3 atom stereocenters. The second kappa shape index (κ2) is 4.82. The average molecular weight is 240 g/mol. The van der Waals surface area contributed by atoms with Crippen molar-refractivity contribution in [3.8, 4) is 0 Å². The third-order valence-corrected chi connectivity index (χ3v) is 4.30. The molecule has 0 saturated heterocycles. The van der Waals surface area contributed by atoms with E-state index in [-0.39, 0.29) is 18.2 Å². The Balaban J connectivity index is 2.16. The largest absolute Gasteiger partial charge is 0.370 e. The average Bonchev–Trinajstić information content (AvgIpc) is 2.60. The molecule has 2 heterocycles. The Morgan fingerprint density at radius 1 is 1.56 bits per heavy atom. The van der Waals surface area contributed by atoms with Crippen molar-refractivity contribution in [3.05, 3.63) is 15.6 Å².